The van der Waals surface area contributed by atoms with Gasteiger partial charge in [0.2, 0.25) is 0 Å². The molecule has 0 saturated carbocycles. The van der Waals surface area contributed by atoms with Gasteiger partial charge in [0.1, 0.15) is 0 Å². The van der Waals surface area contributed by atoms with E-state index in [2.05, 4.69) is 11.8 Å². The molecule has 0 fully saturated rings. The lowest BCUT2D eigenvalue weighted by atomic mass is 10.1. The van der Waals surface area contributed by atoms with E-state index in [9.17, 15) is 13.2 Å². The molecule has 1 aromatic carbocycles. The van der Waals surface area contributed by atoms with Crippen molar-refractivity contribution in [2.75, 3.05) is 0 Å². The quantitative estimate of drug-likeness (QED) is 0.554. The third kappa shape index (κ3) is 3.82. The molecule has 0 radical (unpaired) electrons. The van der Waals surface area contributed by atoms with Crippen LogP contribution in [-0.4, -0.2) is 5.51 Å². The number of halogens is 3. The molecule has 0 bridgehead atoms. The number of aryl methyl sites for hydroxylation is 1. The molecule has 1 rings (SSSR count). The van der Waals surface area contributed by atoms with Gasteiger partial charge in [-0.15, -0.1) is 5.92 Å². The number of hydrogen-bond acceptors (Lipinski definition) is 1. The fraction of sp³-hybridized carbons (Fsp3) is 0.333. The van der Waals surface area contributed by atoms with Crippen molar-refractivity contribution in [1.82, 2.24) is 0 Å². The highest BCUT2D eigenvalue weighted by molar-refractivity contribution is 8.00. The molecule has 86 valence electrons. The van der Waals surface area contributed by atoms with Gasteiger partial charge < -0.3 is 0 Å². The molecular formula is C12H11F3S. The Bertz CT molecular complexity index is 424. The van der Waals surface area contributed by atoms with Gasteiger partial charge in [-0.1, -0.05) is 18.9 Å². The van der Waals surface area contributed by atoms with Gasteiger partial charge in [-0.2, -0.15) is 13.2 Å². The Kier molecular flexibility index (Phi) is 4.31. The largest absolute Gasteiger partial charge is 0.446 e. The van der Waals surface area contributed by atoms with Crippen LogP contribution in [0.4, 0.5) is 13.2 Å². The van der Waals surface area contributed by atoms with Crippen molar-refractivity contribution in [3.63, 3.8) is 0 Å². The first-order chi connectivity index (χ1) is 7.46. The minimum atomic E-state index is -4.27. The number of hydrogen-bond donors (Lipinski definition) is 0. The second-order valence-corrected chi connectivity index (χ2v) is 4.21. The summed E-state index contributed by atoms with van der Waals surface area (Å²) in [6.07, 6.45) is 0.787. The van der Waals surface area contributed by atoms with Crippen molar-refractivity contribution in [3.8, 4) is 11.8 Å². The number of alkyl halides is 3. The van der Waals surface area contributed by atoms with Gasteiger partial charge in [-0.3, -0.25) is 0 Å². The van der Waals surface area contributed by atoms with E-state index in [0.29, 0.717) is 5.56 Å². The SMILES string of the molecule is CC#Cc1cc(CC)ccc1SC(F)(F)F. The van der Waals surface area contributed by atoms with E-state index in [1.54, 1.807) is 19.1 Å². The highest BCUT2D eigenvalue weighted by atomic mass is 32.2. The molecule has 0 aliphatic heterocycles. The second-order valence-electron chi connectivity index (χ2n) is 3.11. The summed E-state index contributed by atoms with van der Waals surface area (Å²) >= 11 is -0.116. The molecular weight excluding hydrogens is 233 g/mol. The molecule has 0 amide bonds. The fourth-order valence-electron chi connectivity index (χ4n) is 1.24. The van der Waals surface area contributed by atoms with Gasteiger partial charge in [0.15, 0.2) is 0 Å². The maximum Gasteiger partial charge on any atom is 0.446 e. The Balaban J connectivity index is 3.11. The summed E-state index contributed by atoms with van der Waals surface area (Å²) in [6.45, 7) is 3.57. The lowest BCUT2D eigenvalue weighted by Crippen LogP contribution is -2.00. The van der Waals surface area contributed by atoms with Crippen LogP contribution in [0.5, 0.6) is 0 Å². The van der Waals surface area contributed by atoms with Gasteiger partial charge in [-0.25, -0.2) is 0 Å². The van der Waals surface area contributed by atoms with E-state index in [1.807, 2.05) is 6.92 Å². The molecule has 0 nitrogen and oxygen atoms in total. The van der Waals surface area contributed by atoms with Crippen molar-refractivity contribution >= 4 is 11.8 Å². The summed E-state index contributed by atoms with van der Waals surface area (Å²) in [5.41, 5.74) is -2.83. The maximum atomic E-state index is 12.3. The average Bonchev–Trinajstić information content (AvgIpc) is 2.19. The highest BCUT2D eigenvalue weighted by Gasteiger charge is 2.30. The molecule has 0 aliphatic rings. The minimum absolute atomic E-state index is 0.116. The fourth-order valence-corrected chi connectivity index (χ4v) is 1.85. The average molecular weight is 244 g/mol. The molecule has 0 saturated heterocycles. The summed E-state index contributed by atoms with van der Waals surface area (Å²) in [5.74, 6) is 5.33. The van der Waals surface area contributed by atoms with Crippen molar-refractivity contribution in [2.45, 2.75) is 30.7 Å². The normalized spacial score (nSPS) is 10.8. The predicted octanol–water partition coefficient (Wildman–Crippen LogP) is 4.23. The van der Waals surface area contributed by atoms with Gasteiger partial charge in [0.25, 0.3) is 0 Å². The van der Waals surface area contributed by atoms with Crippen LogP contribution >= 0.6 is 11.8 Å². The zero-order valence-corrected chi connectivity index (χ0v) is 9.80. The lowest BCUT2D eigenvalue weighted by Gasteiger charge is -2.08. The van der Waals surface area contributed by atoms with E-state index in [4.69, 9.17) is 0 Å². The molecule has 4 heteroatoms. The molecule has 1 aromatic rings. The van der Waals surface area contributed by atoms with Crippen LogP contribution in [0.25, 0.3) is 0 Å². The smallest absolute Gasteiger partial charge is 0.160 e. The number of rotatable bonds is 2. The van der Waals surface area contributed by atoms with E-state index >= 15 is 0 Å². The Morgan fingerprint density at radius 3 is 2.50 bits per heavy atom. The Hall–Kier alpha value is -1.08. The third-order valence-electron chi connectivity index (χ3n) is 1.94. The van der Waals surface area contributed by atoms with Crippen LogP contribution in [0.15, 0.2) is 23.1 Å². The highest BCUT2D eigenvalue weighted by Crippen LogP contribution is 2.38. The van der Waals surface area contributed by atoms with Gasteiger partial charge in [0, 0.05) is 10.5 Å². The zero-order chi connectivity index (χ0) is 12.2. The zero-order valence-electron chi connectivity index (χ0n) is 8.98. The second kappa shape index (κ2) is 5.31. The number of thioether (sulfide) groups is 1. The first-order valence-corrected chi connectivity index (χ1v) is 5.59. The minimum Gasteiger partial charge on any atom is -0.160 e. The van der Waals surface area contributed by atoms with Crippen LogP contribution in [0.3, 0.4) is 0 Å². The Labute approximate surface area is 97.2 Å². The molecule has 0 aliphatic carbocycles. The van der Waals surface area contributed by atoms with Crippen LogP contribution in [0.1, 0.15) is 25.0 Å². The van der Waals surface area contributed by atoms with Gasteiger partial charge >= 0.3 is 5.51 Å². The van der Waals surface area contributed by atoms with E-state index in [1.165, 1.54) is 6.07 Å². The van der Waals surface area contributed by atoms with E-state index in [-0.39, 0.29) is 16.7 Å². The first-order valence-electron chi connectivity index (χ1n) is 4.77. The van der Waals surface area contributed by atoms with Crippen LogP contribution in [-0.2, 0) is 6.42 Å². The molecule has 0 unspecified atom stereocenters. The summed E-state index contributed by atoms with van der Waals surface area (Å²) in [6, 6.07) is 4.90. The standard InChI is InChI=1S/C12H11F3S/c1-3-5-10-8-9(4-2)6-7-11(10)16-12(13,14)15/h6-8H,4H2,1-2H3. The summed E-state index contributed by atoms with van der Waals surface area (Å²) in [4.78, 5) is 0.166. The van der Waals surface area contributed by atoms with Crippen molar-refractivity contribution in [1.29, 1.82) is 0 Å². The van der Waals surface area contributed by atoms with Gasteiger partial charge in [-0.05, 0) is 42.8 Å². The van der Waals surface area contributed by atoms with Crippen LogP contribution in [0.2, 0.25) is 0 Å². The number of benzene rings is 1. The summed E-state index contributed by atoms with van der Waals surface area (Å²) in [5, 5.41) is 0. The molecule has 0 N–H and O–H groups in total. The molecule has 0 spiro atoms. The van der Waals surface area contributed by atoms with Crippen molar-refractivity contribution < 1.29 is 13.2 Å². The molecule has 0 aromatic heterocycles. The molecule has 0 heterocycles. The predicted molar refractivity (Wildman–Crippen MR) is 60.3 cm³/mol. The van der Waals surface area contributed by atoms with Crippen molar-refractivity contribution in [3.05, 3.63) is 29.3 Å². The summed E-state index contributed by atoms with van der Waals surface area (Å²) in [7, 11) is 0. The van der Waals surface area contributed by atoms with E-state index < -0.39 is 5.51 Å². The first kappa shape index (κ1) is 13.0. The van der Waals surface area contributed by atoms with Crippen LogP contribution in [0, 0.1) is 11.8 Å². The van der Waals surface area contributed by atoms with E-state index in [0.717, 1.165) is 12.0 Å². The van der Waals surface area contributed by atoms with Gasteiger partial charge in [0.05, 0.1) is 0 Å². The van der Waals surface area contributed by atoms with Crippen molar-refractivity contribution in [2.24, 2.45) is 0 Å². The monoisotopic (exact) mass is 244 g/mol. The van der Waals surface area contributed by atoms with Crippen LogP contribution < -0.4 is 0 Å². The molecule has 0 atom stereocenters. The Morgan fingerprint density at radius 2 is 2.00 bits per heavy atom. The summed E-state index contributed by atoms with van der Waals surface area (Å²) < 4.78 is 36.8. The lowest BCUT2D eigenvalue weighted by molar-refractivity contribution is -0.0328. The maximum absolute atomic E-state index is 12.3. The molecule has 16 heavy (non-hydrogen) atoms. The topological polar surface area (TPSA) is 0 Å². The third-order valence-corrected chi connectivity index (χ3v) is 2.74. The Morgan fingerprint density at radius 1 is 1.31 bits per heavy atom.